The van der Waals surface area contributed by atoms with Crippen LogP contribution >= 0.6 is 11.8 Å². The highest BCUT2D eigenvalue weighted by Gasteiger charge is 2.21. The van der Waals surface area contributed by atoms with Crippen molar-refractivity contribution in [1.82, 2.24) is 10.7 Å². The Morgan fingerprint density at radius 1 is 1.50 bits per heavy atom. The van der Waals surface area contributed by atoms with Crippen molar-refractivity contribution in [2.45, 2.75) is 37.0 Å². The Morgan fingerprint density at radius 3 is 2.86 bits per heavy atom. The molecule has 0 amide bonds. The van der Waals surface area contributed by atoms with Crippen LogP contribution in [0.5, 0.6) is 0 Å². The van der Waals surface area contributed by atoms with Gasteiger partial charge in [-0.15, -0.1) is 0 Å². The Kier molecular flexibility index (Phi) is 5.11. The van der Waals surface area contributed by atoms with Crippen LogP contribution in [0.1, 0.15) is 25.7 Å². The summed E-state index contributed by atoms with van der Waals surface area (Å²) < 4.78 is 0. The summed E-state index contributed by atoms with van der Waals surface area (Å²) in [5, 5.41) is 4.11. The first kappa shape index (κ1) is 11.7. The van der Waals surface area contributed by atoms with Gasteiger partial charge in [0.25, 0.3) is 0 Å². The van der Waals surface area contributed by atoms with Crippen LogP contribution in [-0.4, -0.2) is 30.6 Å². The van der Waals surface area contributed by atoms with Crippen LogP contribution in [0.25, 0.3) is 0 Å². The first-order chi connectivity index (χ1) is 6.80. The molecule has 14 heavy (non-hydrogen) atoms. The molecule has 0 bridgehead atoms. The molecule has 0 aromatic carbocycles. The molecule has 0 radical (unpaired) electrons. The van der Waals surface area contributed by atoms with Gasteiger partial charge < -0.3 is 5.32 Å². The van der Waals surface area contributed by atoms with E-state index >= 15 is 0 Å². The lowest BCUT2D eigenvalue weighted by Gasteiger charge is -2.29. The van der Waals surface area contributed by atoms with Crippen LogP contribution in [0.3, 0.4) is 0 Å². The summed E-state index contributed by atoms with van der Waals surface area (Å²) in [7, 11) is 1.73. The van der Waals surface area contributed by atoms with Crippen LogP contribution in [0.4, 0.5) is 0 Å². The molecule has 0 saturated heterocycles. The highest BCUT2D eigenvalue weighted by Crippen LogP contribution is 2.26. The topological polar surface area (TPSA) is 62.4 Å². The third-order valence-corrected chi connectivity index (χ3v) is 3.76. The zero-order chi connectivity index (χ0) is 10.4. The molecule has 5 heteroatoms. The minimum Gasteiger partial charge on any atom is -0.353 e. The van der Waals surface area contributed by atoms with E-state index < -0.39 is 0 Å². The van der Waals surface area contributed by atoms with E-state index in [9.17, 15) is 0 Å². The van der Waals surface area contributed by atoms with Gasteiger partial charge >= 0.3 is 0 Å². The van der Waals surface area contributed by atoms with Gasteiger partial charge in [-0.05, 0) is 25.5 Å². The summed E-state index contributed by atoms with van der Waals surface area (Å²) in [6.45, 7) is 0. The van der Waals surface area contributed by atoms with Gasteiger partial charge in [0.1, 0.15) is 0 Å². The van der Waals surface area contributed by atoms with Gasteiger partial charge in [-0.25, -0.2) is 5.84 Å². The maximum atomic E-state index is 5.32. The molecule has 0 spiro atoms. The zero-order valence-electron chi connectivity index (χ0n) is 8.92. The fourth-order valence-corrected chi connectivity index (χ4v) is 2.68. The van der Waals surface area contributed by atoms with Crippen molar-refractivity contribution < 1.29 is 0 Å². The van der Waals surface area contributed by atoms with Crippen molar-refractivity contribution in [2.24, 2.45) is 10.8 Å². The molecule has 1 fully saturated rings. The van der Waals surface area contributed by atoms with Gasteiger partial charge in [-0.2, -0.15) is 11.8 Å². The Hall–Kier alpha value is -0.420. The summed E-state index contributed by atoms with van der Waals surface area (Å²) in [5.41, 5.74) is 2.56. The number of aliphatic imine (C=N–C) groups is 1. The highest BCUT2D eigenvalue weighted by atomic mass is 32.2. The summed E-state index contributed by atoms with van der Waals surface area (Å²) in [6, 6.07) is 0.524. The molecule has 4 N–H and O–H groups in total. The second-order valence-electron chi connectivity index (χ2n) is 3.58. The average Bonchev–Trinajstić information content (AvgIpc) is 2.26. The molecule has 0 aromatic rings. The Labute approximate surface area is 90.1 Å². The molecule has 1 saturated carbocycles. The van der Waals surface area contributed by atoms with Gasteiger partial charge in [-0.1, -0.05) is 6.42 Å². The van der Waals surface area contributed by atoms with Crippen LogP contribution < -0.4 is 16.6 Å². The van der Waals surface area contributed by atoms with Crippen LogP contribution in [0.15, 0.2) is 4.99 Å². The van der Waals surface area contributed by atoms with E-state index in [0.717, 1.165) is 5.25 Å². The summed E-state index contributed by atoms with van der Waals surface area (Å²) in [5.74, 6) is 6.01. The van der Waals surface area contributed by atoms with Crippen molar-refractivity contribution in [3.05, 3.63) is 0 Å². The van der Waals surface area contributed by atoms with Crippen molar-refractivity contribution in [3.8, 4) is 0 Å². The predicted octanol–water partition coefficient (Wildman–Crippen LogP) is 0.699. The molecule has 2 unspecified atom stereocenters. The number of nitrogens with zero attached hydrogens (tertiary/aromatic N) is 1. The second kappa shape index (κ2) is 6.14. The normalized spacial score (nSPS) is 28.6. The predicted molar refractivity (Wildman–Crippen MR) is 63.4 cm³/mol. The standard InChI is InChI=1S/C9H20N4S/c1-11-9(13-10)12-7-4-3-5-8(6-7)14-2/h7-8H,3-6,10H2,1-2H3,(H2,11,12,13). The number of hydrogen-bond donors (Lipinski definition) is 3. The molecule has 4 nitrogen and oxygen atoms in total. The van der Waals surface area contributed by atoms with Gasteiger partial charge in [0.05, 0.1) is 0 Å². The fraction of sp³-hybridized carbons (Fsp3) is 0.889. The summed E-state index contributed by atoms with van der Waals surface area (Å²) in [6.07, 6.45) is 7.25. The minimum atomic E-state index is 0.524. The highest BCUT2D eigenvalue weighted by molar-refractivity contribution is 7.99. The first-order valence-electron chi connectivity index (χ1n) is 5.03. The molecule has 0 aliphatic heterocycles. The quantitative estimate of drug-likeness (QED) is 0.275. The molecule has 82 valence electrons. The van der Waals surface area contributed by atoms with E-state index in [1.807, 2.05) is 11.8 Å². The molecule has 0 aromatic heterocycles. The molecule has 0 heterocycles. The number of guanidine groups is 1. The van der Waals surface area contributed by atoms with Crippen molar-refractivity contribution in [1.29, 1.82) is 0 Å². The number of hydrogen-bond acceptors (Lipinski definition) is 3. The molecule has 1 rings (SSSR count). The average molecular weight is 216 g/mol. The third kappa shape index (κ3) is 3.38. The van der Waals surface area contributed by atoms with Crippen molar-refractivity contribution in [3.63, 3.8) is 0 Å². The number of hydrazine groups is 1. The lowest BCUT2D eigenvalue weighted by Crippen LogP contribution is -2.48. The van der Waals surface area contributed by atoms with Gasteiger partial charge in [0.2, 0.25) is 5.96 Å². The van der Waals surface area contributed by atoms with Gasteiger partial charge in [0, 0.05) is 18.3 Å². The van der Waals surface area contributed by atoms with E-state index in [-0.39, 0.29) is 0 Å². The maximum absolute atomic E-state index is 5.32. The van der Waals surface area contributed by atoms with Crippen LogP contribution in [-0.2, 0) is 0 Å². The van der Waals surface area contributed by atoms with Gasteiger partial charge in [-0.3, -0.25) is 10.4 Å². The Balaban J connectivity index is 2.37. The van der Waals surface area contributed by atoms with Crippen LogP contribution in [0, 0.1) is 0 Å². The number of nitrogens with one attached hydrogen (secondary N) is 2. The van der Waals surface area contributed by atoms with Crippen LogP contribution in [0.2, 0.25) is 0 Å². The number of thioether (sulfide) groups is 1. The Bertz CT molecular complexity index is 195. The first-order valence-corrected chi connectivity index (χ1v) is 6.31. The second-order valence-corrected chi connectivity index (χ2v) is 4.72. The molecular formula is C9H20N4S. The van der Waals surface area contributed by atoms with Gasteiger partial charge in [0.15, 0.2) is 0 Å². The van der Waals surface area contributed by atoms with E-state index in [2.05, 4.69) is 22.0 Å². The SMILES string of the molecule is CN=C(NN)NC1CCCC(SC)C1. The van der Waals surface area contributed by atoms with E-state index in [4.69, 9.17) is 5.84 Å². The van der Waals surface area contributed by atoms with E-state index in [0.29, 0.717) is 12.0 Å². The fourth-order valence-electron chi connectivity index (χ4n) is 1.85. The smallest absolute Gasteiger partial charge is 0.205 e. The molecule has 2 atom stereocenters. The van der Waals surface area contributed by atoms with E-state index in [1.54, 1.807) is 7.05 Å². The zero-order valence-corrected chi connectivity index (χ0v) is 9.73. The summed E-state index contributed by atoms with van der Waals surface area (Å²) in [4.78, 5) is 4.01. The molecule has 1 aliphatic rings. The largest absolute Gasteiger partial charge is 0.353 e. The Morgan fingerprint density at radius 2 is 2.29 bits per heavy atom. The lowest BCUT2D eigenvalue weighted by atomic mass is 9.95. The van der Waals surface area contributed by atoms with Crippen molar-refractivity contribution in [2.75, 3.05) is 13.3 Å². The lowest BCUT2D eigenvalue weighted by molar-refractivity contribution is 0.419. The molecular weight excluding hydrogens is 196 g/mol. The monoisotopic (exact) mass is 216 g/mol. The number of rotatable bonds is 2. The summed E-state index contributed by atoms with van der Waals surface area (Å²) >= 11 is 1.96. The van der Waals surface area contributed by atoms with E-state index in [1.165, 1.54) is 25.7 Å². The molecule has 1 aliphatic carbocycles. The minimum absolute atomic E-state index is 0.524. The number of nitrogens with two attached hydrogens (primary N) is 1. The third-order valence-electron chi connectivity index (χ3n) is 2.66. The maximum Gasteiger partial charge on any atom is 0.205 e. The van der Waals surface area contributed by atoms with Crippen molar-refractivity contribution >= 4 is 17.7 Å².